The van der Waals surface area contributed by atoms with Gasteiger partial charge in [-0.15, -0.1) is 0 Å². The lowest BCUT2D eigenvalue weighted by Crippen LogP contribution is -2.29. The average molecular weight is 311 g/mol. The summed E-state index contributed by atoms with van der Waals surface area (Å²) in [6.07, 6.45) is 1.10. The molecule has 19 heavy (non-hydrogen) atoms. The molecular weight excluding hydrogens is 280 g/mol. The first kappa shape index (κ1) is 23.5. The molecule has 0 rings (SSSR count). The summed E-state index contributed by atoms with van der Waals surface area (Å²) in [6.45, 7) is 13.9. The third kappa shape index (κ3) is 17.4. The molecule has 1 atom stereocenters. The van der Waals surface area contributed by atoms with Crippen LogP contribution in [0, 0.1) is 0 Å². The number of nitrogens with zero attached hydrogens (tertiary/aromatic N) is 1. The van der Waals surface area contributed by atoms with Gasteiger partial charge in [0.2, 0.25) is 0 Å². The fourth-order valence-corrected chi connectivity index (χ4v) is 1.31. The zero-order valence-electron chi connectivity index (χ0n) is 13.4. The van der Waals surface area contributed by atoms with E-state index in [1.807, 2.05) is 32.6 Å². The van der Waals surface area contributed by atoms with E-state index in [0.717, 1.165) is 19.5 Å². The standard InChI is InChI=1S/C6H13NOS.C5H11NOS.C2H6/c1-4-7(5-2)6(9)8-3;1-3-4(2)7-5(6)8;1-2/h4-5H2,1-3H3;4H,3H2,1-2H3,(H2,6,8);1-2H3. The van der Waals surface area contributed by atoms with Crippen molar-refractivity contribution in [3.05, 3.63) is 0 Å². The summed E-state index contributed by atoms with van der Waals surface area (Å²) in [5.74, 6) is 0. The van der Waals surface area contributed by atoms with Crippen molar-refractivity contribution in [1.82, 2.24) is 4.90 Å². The molecule has 0 saturated carbocycles. The van der Waals surface area contributed by atoms with Crippen molar-refractivity contribution < 1.29 is 9.47 Å². The van der Waals surface area contributed by atoms with Crippen LogP contribution in [0.3, 0.4) is 0 Å². The van der Waals surface area contributed by atoms with Gasteiger partial charge in [-0.1, -0.05) is 20.8 Å². The van der Waals surface area contributed by atoms with Crippen molar-refractivity contribution in [2.45, 2.75) is 54.1 Å². The molecule has 0 aromatic carbocycles. The second kappa shape index (κ2) is 17.4. The molecule has 0 aliphatic heterocycles. The van der Waals surface area contributed by atoms with Gasteiger partial charge in [-0.2, -0.15) is 0 Å². The lowest BCUT2D eigenvalue weighted by Gasteiger charge is -2.19. The first-order chi connectivity index (χ1) is 8.92. The van der Waals surface area contributed by atoms with E-state index in [-0.39, 0.29) is 11.3 Å². The van der Waals surface area contributed by atoms with E-state index in [0.29, 0.717) is 5.17 Å². The van der Waals surface area contributed by atoms with Crippen LogP contribution >= 0.6 is 24.4 Å². The number of hydrogen-bond donors (Lipinski definition) is 1. The molecule has 0 heterocycles. The van der Waals surface area contributed by atoms with Crippen LogP contribution in [0.4, 0.5) is 0 Å². The van der Waals surface area contributed by atoms with Crippen molar-refractivity contribution >= 4 is 34.8 Å². The molecule has 0 aromatic rings. The molecule has 0 radical (unpaired) electrons. The third-order valence-electron chi connectivity index (χ3n) is 2.09. The van der Waals surface area contributed by atoms with Crippen LogP contribution in [-0.2, 0) is 9.47 Å². The summed E-state index contributed by atoms with van der Waals surface area (Å²) in [6, 6.07) is 0. The quantitative estimate of drug-likeness (QED) is 0.804. The van der Waals surface area contributed by atoms with Gasteiger partial charge < -0.3 is 20.1 Å². The maximum Gasteiger partial charge on any atom is 0.258 e. The van der Waals surface area contributed by atoms with Crippen LogP contribution in [-0.4, -0.2) is 41.6 Å². The number of thiocarbonyl (C=S) groups is 2. The minimum atomic E-state index is 0.138. The highest BCUT2D eigenvalue weighted by Gasteiger charge is 2.01. The van der Waals surface area contributed by atoms with Crippen molar-refractivity contribution in [2.24, 2.45) is 5.73 Å². The van der Waals surface area contributed by atoms with Crippen molar-refractivity contribution in [2.75, 3.05) is 20.2 Å². The Morgan fingerprint density at radius 3 is 1.68 bits per heavy atom. The van der Waals surface area contributed by atoms with Gasteiger partial charge in [-0.05, 0) is 51.6 Å². The molecule has 2 N–H and O–H groups in total. The number of nitrogens with two attached hydrogens (primary N) is 1. The molecular formula is C13H30N2O2S2. The summed E-state index contributed by atoms with van der Waals surface area (Å²) < 4.78 is 9.76. The van der Waals surface area contributed by atoms with E-state index >= 15 is 0 Å². The van der Waals surface area contributed by atoms with E-state index in [4.69, 9.17) is 27.4 Å². The highest BCUT2D eigenvalue weighted by Crippen LogP contribution is 1.93. The Balaban J connectivity index is -0.000000239. The summed E-state index contributed by atoms with van der Waals surface area (Å²) in [7, 11) is 1.60. The number of methoxy groups -OCH3 is 1. The van der Waals surface area contributed by atoms with Crippen LogP contribution in [0.2, 0.25) is 0 Å². The lowest BCUT2D eigenvalue weighted by molar-refractivity contribution is 0.207. The smallest absolute Gasteiger partial charge is 0.258 e. The van der Waals surface area contributed by atoms with Gasteiger partial charge in [0.15, 0.2) is 0 Å². The summed E-state index contributed by atoms with van der Waals surface area (Å²) in [5, 5.41) is 0.722. The van der Waals surface area contributed by atoms with Crippen LogP contribution in [0.15, 0.2) is 0 Å². The molecule has 0 spiro atoms. The maximum atomic E-state index is 5.08. The van der Waals surface area contributed by atoms with Gasteiger partial charge in [0, 0.05) is 13.1 Å². The van der Waals surface area contributed by atoms with Crippen LogP contribution in [0.25, 0.3) is 0 Å². The Kier molecular flexibility index (Phi) is 21.5. The molecule has 4 nitrogen and oxygen atoms in total. The fraction of sp³-hybridized carbons (Fsp3) is 0.846. The van der Waals surface area contributed by atoms with Gasteiger partial charge in [-0.3, -0.25) is 0 Å². The van der Waals surface area contributed by atoms with Gasteiger partial charge in [0.05, 0.1) is 13.2 Å². The molecule has 0 fully saturated rings. The largest absolute Gasteiger partial charge is 0.474 e. The van der Waals surface area contributed by atoms with Crippen molar-refractivity contribution in [1.29, 1.82) is 0 Å². The molecule has 6 heteroatoms. The summed E-state index contributed by atoms with van der Waals surface area (Å²) in [5.41, 5.74) is 5.08. The first-order valence-electron chi connectivity index (χ1n) is 6.71. The molecule has 0 amide bonds. The highest BCUT2D eigenvalue weighted by atomic mass is 32.1. The molecule has 0 aliphatic carbocycles. The number of ether oxygens (including phenoxy) is 2. The Labute approximate surface area is 129 Å². The zero-order valence-corrected chi connectivity index (χ0v) is 15.0. The van der Waals surface area contributed by atoms with Gasteiger partial charge in [0.25, 0.3) is 10.3 Å². The lowest BCUT2D eigenvalue weighted by atomic mass is 10.3. The SMILES string of the molecule is CC.CCC(C)OC(N)=S.CCN(CC)C(=S)OC. The minimum Gasteiger partial charge on any atom is -0.474 e. The van der Waals surface area contributed by atoms with Crippen molar-refractivity contribution in [3.63, 3.8) is 0 Å². The molecule has 116 valence electrons. The molecule has 0 aromatic heterocycles. The summed E-state index contributed by atoms with van der Waals surface area (Å²) in [4.78, 5) is 1.98. The van der Waals surface area contributed by atoms with E-state index in [1.165, 1.54) is 0 Å². The van der Waals surface area contributed by atoms with Gasteiger partial charge in [-0.25, -0.2) is 0 Å². The molecule has 0 aliphatic rings. The Morgan fingerprint density at radius 2 is 1.58 bits per heavy atom. The Bertz CT molecular complexity index is 223. The van der Waals surface area contributed by atoms with Crippen LogP contribution < -0.4 is 5.73 Å². The third-order valence-corrected chi connectivity index (χ3v) is 2.61. The van der Waals surface area contributed by atoms with Gasteiger partial charge in [0.1, 0.15) is 0 Å². The topological polar surface area (TPSA) is 47.7 Å². The summed E-state index contributed by atoms with van der Waals surface area (Å²) >= 11 is 9.37. The average Bonchev–Trinajstić information content (AvgIpc) is 2.42. The predicted octanol–water partition coefficient (Wildman–Crippen LogP) is 3.33. The van der Waals surface area contributed by atoms with E-state index in [2.05, 4.69) is 26.1 Å². The molecule has 0 bridgehead atoms. The van der Waals surface area contributed by atoms with Crippen molar-refractivity contribution in [3.8, 4) is 0 Å². The van der Waals surface area contributed by atoms with Gasteiger partial charge >= 0.3 is 0 Å². The normalized spacial score (nSPS) is 9.84. The van der Waals surface area contributed by atoms with E-state index < -0.39 is 0 Å². The Morgan fingerprint density at radius 1 is 1.16 bits per heavy atom. The zero-order chi connectivity index (χ0) is 15.8. The van der Waals surface area contributed by atoms with Crippen LogP contribution in [0.1, 0.15) is 48.0 Å². The molecule has 0 saturated heterocycles. The predicted molar refractivity (Wildman–Crippen MR) is 91.5 cm³/mol. The maximum absolute atomic E-state index is 5.08. The number of rotatable bonds is 4. The Hall–Kier alpha value is -0.620. The minimum absolute atomic E-state index is 0.138. The van der Waals surface area contributed by atoms with Crippen LogP contribution in [0.5, 0.6) is 0 Å². The number of hydrogen-bond acceptors (Lipinski definition) is 4. The highest BCUT2D eigenvalue weighted by molar-refractivity contribution is 7.80. The molecule has 1 unspecified atom stereocenters. The van der Waals surface area contributed by atoms with E-state index in [1.54, 1.807) is 7.11 Å². The van der Waals surface area contributed by atoms with E-state index in [9.17, 15) is 0 Å². The monoisotopic (exact) mass is 310 g/mol. The second-order valence-corrected chi connectivity index (χ2v) is 4.05. The fourth-order valence-electron chi connectivity index (χ4n) is 0.893. The first-order valence-corrected chi connectivity index (χ1v) is 7.53. The second-order valence-electron chi connectivity index (χ2n) is 3.30.